The van der Waals surface area contributed by atoms with Crippen LogP contribution in [-0.4, -0.2) is 0 Å². The maximum absolute atomic E-state index is 2.37. The first-order valence-corrected chi connectivity index (χ1v) is 8.21. The van der Waals surface area contributed by atoms with E-state index in [0.29, 0.717) is 0 Å². The van der Waals surface area contributed by atoms with Crippen LogP contribution in [-0.2, 0) is 0 Å². The minimum atomic E-state index is 1.22. The van der Waals surface area contributed by atoms with E-state index in [-0.39, 0.29) is 0 Å². The van der Waals surface area contributed by atoms with Gasteiger partial charge in [-0.1, -0.05) is 76.7 Å². The second-order valence-corrected chi connectivity index (χ2v) is 5.22. The number of rotatable bonds is 13. The van der Waals surface area contributed by atoms with Gasteiger partial charge >= 0.3 is 0 Å². The largest absolute Gasteiger partial charge is 0.0885 e. The second-order valence-electron chi connectivity index (χ2n) is 5.22. The molecule has 0 saturated carbocycles. The molecule has 0 aromatic carbocycles. The smallest absolute Gasteiger partial charge is 0.0316 e. The van der Waals surface area contributed by atoms with Gasteiger partial charge in [0.1, 0.15) is 0 Å². The third kappa shape index (κ3) is 15.5. The summed E-state index contributed by atoms with van der Waals surface area (Å²) in [6.45, 7) is 4.54. The van der Waals surface area contributed by atoms with E-state index in [1.165, 1.54) is 77.0 Å². The molecule has 0 unspecified atom stereocenters. The summed E-state index contributed by atoms with van der Waals surface area (Å²) in [6, 6.07) is 0. The molecule has 0 saturated heterocycles. The molecule has 0 aromatic rings. The van der Waals surface area contributed by atoms with Crippen molar-refractivity contribution in [2.75, 3.05) is 0 Å². The summed E-state index contributed by atoms with van der Waals surface area (Å²) in [6.07, 6.45) is 25.5. The highest BCUT2D eigenvalue weighted by Crippen LogP contribution is 2.05. The Morgan fingerprint density at radius 3 is 1.22 bits per heavy atom. The fraction of sp³-hybridized carbons (Fsp3) is 0.778. The Balaban J connectivity index is 3.13. The molecule has 106 valence electrons. The van der Waals surface area contributed by atoms with Gasteiger partial charge in [0.15, 0.2) is 0 Å². The van der Waals surface area contributed by atoms with E-state index in [0.717, 1.165) is 0 Å². The summed E-state index contributed by atoms with van der Waals surface area (Å²) in [5, 5.41) is 0. The number of unbranched alkanes of at least 4 members (excludes halogenated alkanes) is 9. The molecule has 0 aromatic heterocycles. The Morgan fingerprint density at radius 1 is 0.444 bits per heavy atom. The number of hydrogen-bond donors (Lipinski definition) is 0. The van der Waals surface area contributed by atoms with Crippen LogP contribution in [0.4, 0.5) is 0 Å². The zero-order valence-electron chi connectivity index (χ0n) is 12.8. The van der Waals surface area contributed by atoms with Crippen LogP contribution < -0.4 is 0 Å². The minimum absolute atomic E-state index is 1.22. The van der Waals surface area contributed by atoms with Crippen molar-refractivity contribution in [1.82, 2.24) is 0 Å². The fourth-order valence-corrected chi connectivity index (χ4v) is 2.04. The maximum atomic E-state index is 2.37. The van der Waals surface area contributed by atoms with E-state index in [1.807, 2.05) is 0 Å². The van der Waals surface area contributed by atoms with Gasteiger partial charge in [-0.3, -0.25) is 0 Å². The molecule has 0 radical (unpaired) electrons. The third-order valence-electron chi connectivity index (χ3n) is 3.28. The third-order valence-corrected chi connectivity index (χ3v) is 3.28. The van der Waals surface area contributed by atoms with Crippen molar-refractivity contribution in [2.24, 2.45) is 0 Å². The Labute approximate surface area is 116 Å². The molecule has 0 N–H and O–H groups in total. The summed E-state index contributed by atoms with van der Waals surface area (Å²) < 4.78 is 0. The summed E-state index contributed by atoms with van der Waals surface area (Å²) >= 11 is 0. The first-order chi connectivity index (χ1) is 8.91. The molecule has 0 aliphatic rings. The standard InChI is InChI=1S/C18H34/c1-3-5-7-9-11-13-15-17-18-16-14-12-10-8-6-4-2/h13-16H,3-12,17-18H2,1-2H3/b15-13+,16-14+. The van der Waals surface area contributed by atoms with Gasteiger partial charge in [0.2, 0.25) is 0 Å². The SMILES string of the molecule is CCCCCC/C=C/CC/C=C/CCCCCC. The Morgan fingerprint density at radius 2 is 0.833 bits per heavy atom. The average molecular weight is 250 g/mol. The van der Waals surface area contributed by atoms with Gasteiger partial charge in [-0.25, -0.2) is 0 Å². The van der Waals surface area contributed by atoms with Crippen LogP contribution >= 0.6 is 0 Å². The molecule has 0 amide bonds. The van der Waals surface area contributed by atoms with E-state index in [2.05, 4.69) is 38.2 Å². The first-order valence-electron chi connectivity index (χ1n) is 8.21. The van der Waals surface area contributed by atoms with Gasteiger partial charge in [-0.05, 0) is 38.5 Å². The van der Waals surface area contributed by atoms with Gasteiger partial charge in [-0.2, -0.15) is 0 Å². The van der Waals surface area contributed by atoms with E-state index in [9.17, 15) is 0 Å². The minimum Gasteiger partial charge on any atom is -0.0885 e. The summed E-state index contributed by atoms with van der Waals surface area (Å²) in [7, 11) is 0. The zero-order valence-corrected chi connectivity index (χ0v) is 12.8. The first kappa shape index (κ1) is 17.5. The lowest BCUT2D eigenvalue weighted by Gasteiger charge is -1.95. The normalized spacial score (nSPS) is 11.9. The van der Waals surface area contributed by atoms with Crippen molar-refractivity contribution in [1.29, 1.82) is 0 Å². The van der Waals surface area contributed by atoms with Crippen LogP contribution in [0.3, 0.4) is 0 Å². The molecular formula is C18H34. The summed E-state index contributed by atoms with van der Waals surface area (Å²) in [5.74, 6) is 0. The van der Waals surface area contributed by atoms with Crippen molar-refractivity contribution in [3.8, 4) is 0 Å². The molecule has 0 heterocycles. The zero-order chi connectivity index (χ0) is 13.3. The Kier molecular flexibility index (Phi) is 16.0. The van der Waals surface area contributed by atoms with Crippen molar-refractivity contribution >= 4 is 0 Å². The summed E-state index contributed by atoms with van der Waals surface area (Å²) in [4.78, 5) is 0. The number of hydrogen-bond acceptors (Lipinski definition) is 0. The van der Waals surface area contributed by atoms with Crippen molar-refractivity contribution in [2.45, 2.75) is 90.9 Å². The lowest BCUT2D eigenvalue weighted by molar-refractivity contribution is 0.673. The van der Waals surface area contributed by atoms with Crippen LogP contribution in [0.2, 0.25) is 0 Å². The molecule has 0 nitrogen and oxygen atoms in total. The van der Waals surface area contributed by atoms with Crippen molar-refractivity contribution in [3.63, 3.8) is 0 Å². The molecule has 0 rings (SSSR count). The molecule has 0 atom stereocenters. The quantitative estimate of drug-likeness (QED) is 0.248. The number of allylic oxidation sites excluding steroid dienone is 4. The maximum Gasteiger partial charge on any atom is -0.0316 e. The molecule has 18 heavy (non-hydrogen) atoms. The Bertz CT molecular complexity index is 166. The van der Waals surface area contributed by atoms with E-state index < -0.39 is 0 Å². The molecule has 0 spiro atoms. The van der Waals surface area contributed by atoms with E-state index in [4.69, 9.17) is 0 Å². The highest BCUT2D eigenvalue weighted by atomic mass is 13.9. The van der Waals surface area contributed by atoms with Crippen LogP contribution in [0, 0.1) is 0 Å². The molecule has 0 fully saturated rings. The van der Waals surface area contributed by atoms with Gasteiger partial charge in [0.25, 0.3) is 0 Å². The van der Waals surface area contributed by atoms with Crippen LogP contribution in [0.1, 0.15) is 90.9 Å². The summed E-state index contributed by atoms with van der Waals surface area (Å²) in [5.41, 5.74) is 0. The van der Waals surface area contributed by atoms with E-state index in [1.54, 1.807) is 0 Å². The van der Waals surface area contributed by atoms with Gasteiger partial charge < -0.3 is 0 Å². The van der Waals surface area contributed by atoms with Crippen LogP contribution in [0.15, 0.2) is 24.3 Å². The lowest BCUT2D eigenvalue weighted by Crippen LogP contribution is -1.74. The van der Waals surface area contributed by atoms with Crippen molar-refractivity contribution in [3.05, 3.63) is 24.3 Å². The van der Waals surface area contributed by atoms with Gasteiger partial charge in [0, 0.05) is 0 Å². The molecule has 0 bridgehead atoms. The molecule has 0 aliphatic carbocycles. The molecular weight excluding hydrogens is 216 g/mol. The Hall–Kier alpha value is -0.520. The lowest BCUT2D eigenvalue weighted by atomic mass is 10.1. The second kappa shape index (κ2) is 16.5. The topological polar surface area (TPSA) is 0 Å². The van der Waals surface area contributed by atoms with Crippen LogP contribution in [0.5, 0.6) is 0 Å². The van der Waals surface area contributed by atoms with E-state index >= 15 is 0 Å². The van der Waals surface area contributed by atoms with Crippen LogP contribution in [0.25, 0.3) is 0 Å². The predicted molar refractivity (Wildman–Crippen MR) is 85.0 cm³/mol. The monoisotopic (exact) mass is 250 g/mol. The van der Waals surface area contributed by atoms with Gasteiger partial charge in [0.05, 0.1) is 0 Å². The predicted octanol–water partition coefficient (Wildman–Crippen LogP) is 6.82. The average Bonchev–Trinajstić information content (AvgIpc) is 2.39. The highest BCUT2D eigenvalue weighted by molar-refractivity contribution is 4.88. The molecule has 0 aliphatic heterocycles. The highest BCUT2D eigenvalue weighted by Gasteiger charge is 1.85. The van der Waals surface area contributed by atoms with Crippen molar-refractivity contribution < 1.29 is 0 Å². The van der Waals surface area contributed by atoms with Gasteiger partial charge in [-0.15, -0.1) is 0 Å². The molecule has 0 heteroatoms. The fourth-order valence-electron chi connectivity index (χ4n) is 2.04.